The third kappa shape index (κ3) is 4.80. The molecule has 1 amide bonds. The zero-order valence-electron chi connectivity index (χ0n) is 17.4. The van der Waals surface area contributed by atoms with Crippen LogP contribution in [0.5, 0.6) is 5.75 Å². The Bertz CT molecular complexity index is 1140. The van der Waals surface area contributed by atoms with Gasteiger partial charge in [0, 0.05) is 37.8 Å². The van der Waals surface area contributed by atoms with Gasteiger partial charge in [-0.25, -0.2) is 4.98 Å². The Morgan fingerprint density at radius 3 is 2.61 bits per heavy atom. The third-order valence-corrected chi connectivity index (χ3v) is 4.94. The van der Waals surface area contributed by atoms with Crippen LogP contribution in [0.2, 0.25) is 0 Å². The summed E-state index contributed by atoms with van der Waals surface area (Å²) in [6.07, 6.45) is 4.14. The molecular weight excluding hydrogens is 394 g/mol. The second-order valence-corrected chi connectivity index (χ2v) is 7.05. The van der Waals surface area contributed by atoms with E-state index in [1.807, 2.05) is 72.4 Å². The fourth-order valence-corrected chi connectivity index (χ4v) is 3.27. The van der Waals surface area contributed by atoms with E-state index in [4.69, 9.17) is 9.26 Å². The molecule has 158 valence electrons. The van der Waals surface area contributed by atoms with Crippen molar-refractivity contribution in [3.05, 3.63) is 84.3 Å². The van der Waals surface area contributed by atoms with Gasteiger partial charge < -0.3 is 19.1 Å². The average molecular weight is 417 g/mol. The molecule has 1 N–H and O–H groups in total. The maximum absolute atomic E-state index is 12.7. The summed E-state index contributed by atoms with van der Waals surface area (Å²) in [5.41, 5.74) is 1.78. The summed E-state index contributed by atoms with van der Waals surface area (Å²) in [4.78, 5) is 21.5. The van der Waals surface area contributed by atoms with Crippen molar-refractivity contribution >= 4 is 5.91 Å². The fourth-order valence-electron chi connectivity index (χ4n) is 3.27. The first-order chi connectivity index (χ1) is 15.1. The summed E-state index contributed by atoms with van der Waals surface area (Å²) in [6, 6.07) is 16.8. The lowest BCUT2D eigenvalue weighted by molar-refractivity contribution is -0.121. The molecule has 0 fully saturated rings. The van der Waals surface area contributed by atoms with Crippen LogP contribution in [0.4, 0.5) is 0 Å². The first-order valence-electron chi connectivity index (χ1n) is 9.92. The van der Waals surface area contributed by atoms with Crippen LogP contribution < -0.4 is 10.1 Å². The predicted molar refractivity (Wildman–Crippen MR) is 114 cm³/mol. The standard InChI is InChI=1S/C23H23N5O3/c1-28-15-14-24-23(28)21(16-6-4-3-5-7-16)25-19(29)12-13-20-26-22(27-31-20)17-8-10-18(30-2)11-9-17/h3-11,14-15,21H,12-13H2,1-2H3,(H,25,29). The number of ether oxygens (including phenoxy) is 1. The van der Waals surface area contributed by atoms with Gasteiger partial charge in [-0.05, 0) is 29.8 Å². The Morgan fingerprint density at radius 2 is 1.94 bits per heavy atom. The number of benzene rings is 2. The van der Waals surface area contributed by atoms with E-state index in [1.165, 1.54) is 0 Å². The first-order valence-corrected chi connectivity index (χ1v) is 9.92. The summed E-state index contributed by atoms with van der Waals surface area (Å²) >= 11 is 0. The number of carbonyl (C=O) groups is 1. The molecule has 8 nitrogen and oxygen atoms in total. The van der Waals surface area contributed by atoms with Gasteiger partial charge in [0.25, 0.3) is 0 Å². The number of imidazole rings is 1. The van der Waals surface area contributed by atoms with Crippen molar-refractivity contribution in [3.8, 4) is 17.1 Å². The molecular formula is C23H23N5O3. The monoisotopic (exact) mass is 417 g/mol. The van der Waals surface area contributed by atoms with E-state index >= 15 is 0 Å². The largest absolute Gasteiger partial charge is 0.497 e. The Morgan fingerprint density at radius 1 is 1.16 bits per heavy atom. The van der Waals surface area contributed by atoms with Gasteiger partial charge >= 0.3 is 0 Å². The molecule has 0 aliphatic rings. The van der Waals surface area contributed by atoms with Crippen molar-refractivity contribution in [1.29, 1.82) is 0 Å². The molecule has 0 radical (unpaired) electrons. The Balaban J connectivity index is 1.41. The molecule has 0 aliphatic heterocycles. The van der Waals surface area contributed by atoms with Crippen LogP contribution in [0, 0.1) is 0 Å². The predicted octanol–water partition coefficient (Wildman–Crippen LogP) is 3.32. The van der Waals surface area contributed by atoms with E-state index in [1.54, 1.807) is 13.3 Å². The van der Waals surface area contributed by atoms with Crippen LogP contribution in [0.1, 0.15) is 29.7 Å². The number of methoxy groups -OCH3 is 1. The van der Waals surface area contributed by atoms with E-state index in [0.717, 1.165) is 22.7 Å². The quantitative estimate of drug-likeness (QED) is 0.473. The zero-order valence-corrected chi connectivity index (χ0v) is 17.4. The summed E-state index contributed by atoms with van der Waals surface area (Å²) in [5.74, 6) is 2.28. The minimum atomic E-state index is -0.341. The molecule has 2 aromatic heterocycles. The molecule has 4 rings (SSSR count). The Hall–Kier alpha value is -3.94. The zero-order chi connectivity index (χ0) is 21.6. The minimum Gasteiger partial charge on any atom is -0.497 e. The highest BCUT2D eigenvalue weighted by molar-refractivity contribution is 5.77. The summed E-state index contributed by atoms with van der Waals surface area (Å²) in [5, 5.41) is 7.08. The first kappa shape index (κ1) is 20.3. The Labute approximate surface area is 179 Å². The highest BCUT2D eigenvalue weighted by atomic mass is 16.5. The lowest BCUT2D eigenvalue weighted by Gasteiger charge is -2.19. The minimum absolute atomic E-state index is 0.124. The van der Waals surface area contributed by atoms with Gasteiger partial charge in [0.15, 0.2) is 0 Å². The highest BCUT2D eigenvalue weighted by Crippen LogP contribution is 2.22. The van der Waals surface area contributed by atoms with E-state index < -0.39 is 0 Å². The molecule has 1 atom stereocenters. The van der Waals surface area contributed by atoms with Gasteiger partial charge in [-0.15, -0.1) is 0 Å². The van der Waals surface area contributed by atoms with Gasteiger partial charge in [-0.3, -0.25) is 4.79 Å². The van der Waals surface area contributed by atoms with Crippen LogP contribution in [-0.4, -0.2) is 32.7 Å². The van der Waals surface area contributed by atoms with E-state index in [2.05, 4.69) is 20.4 Å². The van der Waals surface area contributed by atoms with Crippen molar-refractivity contribution in [2.45, 2.75) is 18.9 Å². The van der Waals surface area contributed by atoms with Gasteiger partial charge in [0.05, 0.1) is 7.11 Å². The topological polar surface area (TPSA) is 95.1 Å². The summed E-state index contributed by atoms with van der Waals surface area (Å²) < 4.78 is 12.4. The van der Waals surface area contributed by atoms with E-state index in [-0.39, 0.29) is 18.4 Å². The molecule has 2 heterocycles. The molecule has 0 saturated heterocycles. The van der Waals surface area contributed by atoms with Crippen LogP contribution >= 0.6 is 0 Å². The molecule has 8 heteroatoms. The van der Waals surface area contributed by atoms with Gasteiger partial charge in [0.2, 0.25) is 17.6 Å². The maximum Gasteiger partial charge on any atom is 0.227 e. The lowest BCUT2D eigenvalue weighted by Crippen LogP contribution is -2.31. The average Bonchev–Trinajstić information content (AvgIpc) is 3.46. The normalized spacial score (nSPS) is 11.8. The lowest BCUT2D eigenvalue weighted by atomic mass is 10.1. The number of aryl methyl sites for hydroxylation is 2. The van der Waals surface area contributed by atoms with Crippen molar-refractivity contribution in [1.82, 2.24) is 25.0 Å². The number of nitrogens with zero attached hydrogens (tertiary/aromatic N) is 4. The van der Waals surface area contributed by atoms with Crippen LogP contribution in [0.15, 0.2) is 71.5 Å². The summed E-state index contributed by atoms with van der Waals surface area (Å²) in [6.45, 7) is 0. The Kier molecular flexibility index (Phi) is 6.07. The molecule has 4 aromatic rings. The molecule has 31 heavy (non-hydrogen) atoms. The number of amides is 1. The highest BCUT2D eigenvalue weighted by Gasteiger charge is 2.21. The number of hydrogen-bond acceptors (Lipinski definition) is 6. The molecule has 0 aliphatic carbocycles. The van der Waals surface area contributed by atoms with Crippen molar-refractivity contribution in [3.63, 3.8) is 0 Å². The number of hydrogen-bond donors (Lipinski definition) is 1. The molecule has 0 bridgehead atoms. The smallest absolute Gasteiger partial charge is 0.227 e. The molecule has 2 aromatic carbocycles. The summed E-state index contributed by atoms with van der Waals surface area (Å²) in [7, 11) is 3.52. The fraction of sp³-hybridized carbons (Fsp3) is 0.217. The molecule has 0 spiro atoms. The van der Waals surface area contributed by atoms with E-state index in [9.17, 15) is 4.79 Å². The third-order valence-electron chi connectivity index (χ3n) is 4.94. The van der Waals surface area contributed by atoms with Crippen LogP contribution in [0.3, 0.4) is 0 Å². The van der Waals surface area contributed by atoms with Gasteiger partial charge in [-0.1, -0.05) is 35.5 Å². The van der Waals surface area contributed by atoms with Crippen molar-refractivity contribution in [2.24, 2.45) is 7.05 Å². The second kappa shape index (κ2) is 9.25. The number of rotatable bonds is 8. The van der Waals surface area contributed by atoms with E-state index in [0.29, 0.717) is 18.1 Å². The van der Waals surface area contributed by atoms with Crippen LogP contribution in [-0.2, 0) is 18.3 Å². The van der Waals surface area contributed by atoms with Crippen LogP contribution in [0.25, 0.3) is 11.4 Å². The van der Waals surface area contributed by atoms with Crippen molar-refractivity contribution in [2.75, 3.05) is 7.11 Å². The number of carbonyl (C=O) groups excluding carboxylic acids is 1. The molecule has 1 unspecified atom stereocenters. The SMILES string of the molecule is COc1ccc(-c2noc(CCC(=O)NC(c3ccccc3)c3nccn3C)n2)cc1. The number of aromatic nitrogens is 4. The van der Waals surface area contributed by atoms with Gasteiger partial charge in [0.1, 0.15) is 17.6 Å². The number of nitrogens with one attached hydrogen (secondary N) is 1. The maximum atomic E-state index is 12.7. The van der Waals surface area contributed by atoms with Gasteiger partial charge in [-0.2, -0.15) is 4.98 Å². The van der Waals surface area contributed by atoms with Crippen molar-refractivity contribution < 1.29 is 14.1 Å². The molecule has 0 saturated carbocycles. The second-order valence-electron chi connectivity index (χ2n) is 7.05.